The summed E-state index contributed by atoms with van der Waals surface area (Å²) >= 11 is 6.39. The minimum Gasteiger partial charge on any atom is -0.506 e. The van der Waals surface area contributed by atoms with E-state index in [1.165, 1.54) is 13.0 Å². The third-order valence-electron chi connectivity index (χ3n) is 3.27. The normalized spacial score (nSPS) is 10.9. The molecule has 5 nitrogen and oxygen atoms in total. The first-order valence-electron chi connectivity index (χ1n) is 7.04. The summed E-state index contributed by atoms with van der Waals surface area (Å²) in [6, 6.07) is 11.6. The van der Waals surface area contributed by atoms with Gasteiger partial charge in [-0.25, -0.2) is 0 Å². The predicted molar refractivity (Wildman–Crippen MR) is 102 cm³/mol. The lowest BCUT2D eigenvalue weighted by atomic mass is 10.1. The van der Waals surface area contributed by atoms with Gasteiger partial charge in [0.05, 0.1) is 14.6 Å². The Balaban J connectivity index is 2.34. The number of hydrogen-bond donors (Lipinski definition) is 2. The fourth-order valence-corrected chi connectivity index (χ4v) is 3.29. The summed E-state index contributed by atoms with van der Waals surface area (Å²) in [7, 11) is 0. The molecule has 2 aromatic carbocycles. The number of para-hydroxylation sites is 1. The molecule has 0 atom stereocenters. The van der Waals surface area contributed by atoms with Crippen molar-refractivity contribution in [1.82, 2.24) is 0 Å². The first-order valence-corrected chi connectivity index (χ1v) is 8.63. The molecule has 0 spiro atoms. The number of hydrogen-bond acceptors (Lipinski definition) is 4. The van der Waals surface area contributed by atoms with Crippen LogP contribution in [0.25, 0.3) is 6.08 Å². The number of anilines is 1. The minimum atomic E-state index is -0.628. The summed E-state index contributed by atoms with van der Waals surface area (Å²) in [5, 5.41) is 21.6. The van der Waals surface area contributed by atoms with E-state index in [2.05, 4.69) is 37.2 Å². The summed E-state index contributed by atoms with van der Waals surface area (Å²) in [6.45, 7) is 1.40. The van der Waals surface area contributed by atoms with E-state index in [9.17, 15) is 20.0 Å². The van der Waals surface area contributed by atoms with E-state index in [0.29, 0.717) is 25.8 Å². The molecule has 0 heterocycles. The van der Waals surface area contributed by atoms with Gasteiger partial charge < -0.3 is 10.4 Å². The second-order valence-corrected chi connectivity index (χ2v) is 6.77. The van der Waals surface area contributed by atoms with Crippen LogP contribution in [-0.2, 0) is 4.79 Å². The lowest BCUT2D eigenvalue weighted by molar-refractivity contribution is -0.112. The molecule has 1 amide bonds. The van der Waals surface area contributed by atoms with Crippen molar-refractivity contribution in [3.8, 4) is 11.8 Å². The molecule has 126 valence electrons. The summed E-state index contributed by atoms with van der Waals surface area (Å²) in [5.41, 5.74) is 1.11. The van der Waals surface area contributed by atoms with Gasteiger partial charge in [0.15, 0.2) is 5.78 Å². The van der Waals surface area contributed by atoms with Gasteiger partial charge in [-0.1, -0.05) is 12.1 Å². The predicted octanol–water partition coefficient (Wildman–Crippen LogP) is 4.67. The number of carbonyl (C=O) groups is 2. The molecular weight excluding hydrogens is 452 g/mol. The Morgan fingerprint density at radius 2 is 1.80 bits per heavy atom. The quantitative estimate of drug-likeness (QED) is 0.391. The first kappa shape index (κ1) is 18.9. The van der Waals surface area contributed by atoms with Crippen molar-refractivity contribution in [2.45, 2.75) is 6.92 Å². The number of benzene rings is 2. The SMILES string of the molecule is CC(=O)c1ccccc1NC(=O)/C(C#N)=C\c1cc(Br)c(O)c(Br)c1. The van der Waals surface area contributed by atoms with Crippen molar-refractivity contribution < 1.29 is 14.7 Å². The Hall–Kier alpha value is -2.43. The zero-order valence-corrected chi connectivity index (χ0v) is 16.2. The molecule has 0 aliphatic carbocycles. The van der Waals surface area contributed by atoms with E-state index in [0.717, 1.165) is 0 Å². The Morgan fingerprint density at radius 3 is 2.36 bits per heavy atom. The molecule has 0 saturated carbocycles. The van der Waals surface area contributed by atoms with Gasteiger partial charge in [-0.05, 0) is 74.7 Å². The van der Waals surface area contributed by atoms with E-state index < -0.39 is 5.91 Å². The topological polar surface area (TPSA) is 90.2 Å². The van der Waals surface area contributed by atoms with Crippen LogP contribution in [0, 0.1) is 11.3 Å². The van der Waals surface area contributed by atoms with Crippen LogP contribution in [0.15, 0.2) is 50.9 Å². The van der Waals surface area contributed by atoms with E-state index in [1.807, 2.05) is 6.07 Å². The highest BCUT2D eigenvalue weighted by atomic mass is 79.9. The number of carbonyl (C=O) groups excluding carboxylic acids is 2. The molecule has 25 heavy (non-hydrogen) atoms. The van der Waals surface area contributed by atoms with Gasteiger partial charge in [-0.15, -0.1) is 0 Å². The molecule has 0 fully saturated rings. The molecule has 0 aliphatic heterocycles. The second kappa shape index (κ2) is 8.10. The van der Waals surface area contributed by atoms with Crippen molar-refractivity contribution in [2.24, 2.45) is 0 Å². The van der Waals surface area contributed by atoms with E-state index in [4.69, 9.17) is 0 Å². The lowest BCUT2D eigenvalue weighted by Gasteiger charge is -2.08. The highest BCUT2D eigenvalue weighted by Gasteiger charge is 2.14. The number of amides is 1. The maximum absolute atomic E-state index is 12.4. The van der Waals surface area contributed by atoms with Crippen molar-refractivity contribution in [3.05, 3.63) is 62.0 Å². The summed E-state index contributed by atoms with van der Waals surface area (Å²) < 4.78 is 0.848. The van der Waals surface area contributed by atoms with Gasteiger partial charge in [0.25, 0.3) is 5.91 Å². The number of nitrogens with one attached hydrogen (secondary N) is 1. The Labute approximate surface area is 161 Å². The number of ketones is 1. The maximum atomic E-state index is 12.4. The number of nitrogens with zero attached hydrogens (tertiary/aromatic N) is 1. The zero-order valence-electron chi connectivity index (χ0n) is 13.0. The number of phenols is 1. The molecule has 0 aliphatic rings. The third-order valence-corrected chi connectivity index (χ3v) is 4.48. The molecule has 2 aromatic rings. The Bertz CT molecular complexity index is 907. The number of phenolic OH excluding ortho intramolecular Hbond substituents is 1. The van der Waals surface area contributed by atoms with Crippen LogP contribution in [-0.4, -0.2) is 16.8 Å². The Kier molecular flexibility index (Phi) is 6.12. The van der Waals surface area contributed by atoms with E-state index in [-0.39, 0.29) is 17.1 Å². The largest absolute Gasteiger partial charge is 0.506 e. The standard InChI is InChI=1S/C18H12Br2N2O3/c1-10(23)13-4-2-3-5-16(13)22-18(25)12(9-21)6-11-7-14(19)17(24)15(20)8-11/h2-8,24H,1H3,(H,22,25)/b12-6-. The Morgan fingerprint density at radius 1 is 1.20 bits per heavy atom. The lowest BCUT2D eigenvalue weighted by Crippen LogP contribution is -2.15. The number of aromatic hydroxyl groups is 1. The van der Waals surface area contributed by atoms with Crippen molar-refractivity contribution in [3.63, 3.8) is 0 Å². The number of rotatable bonds is 4. The van der Waals surface area contributed by atoms with Crippen LogP contribution in [0.1, 0.15) is 22.8 Å². The fourth-order valence-electron chi connectivity index (χ4n) is 2.07. The first-order chi connectivity index (χ1) is 11.8. The van der Waals surface area contributed by atoms with Crippen LogP contribution in [0.4, 0.5) is 5.69 Å². The average molecular weight is 464 g/mol. The molecule has 2 rings (SSSR count). The zero-order chi connectivity index (χ0) is 18.6. The number of Topliss-reactive ketones (excluding diaryl/α,β-unsaturated/α-hetero) is 1. The van der Waals surface area contributed by atoms with E-state index >= 15 is 0 Å². The van der Waals surface area contributed by atoms with E-state index in [1.54, 1.807) is 36.4 Å². The maximum Gasteiger partial charge on any atom is 0.266 e. The molecule has 0 aromatic heterocycles. The summed E-state index contributed by atoms with van der Waals surface area (Å²) in [5.74, 6) is -0.795. The third kappa shape index (κ3) is 4.56. The van der Waals surface area contributed by atoms with Crippen molar-refractivity contribution in [1.29, 1.82) is 5.26 Å². The molecule has 0 unspecified atom stereocenters. The molecule has 7 heteroatoms. The van der Waals surface area contributed by atoms with Crippen molar-refractivity contribution >= 4 is 55.3 Å². The molecule has 0 radical (unpaired) electrons. The monoisotopic (exact) mass is 462 g/mol. The molecule has 0 saturated heterocycles. The molecular formula is C18H12Br2N2O3. The van der Waals surface area contributed by atoms with Gasteiger partial charge in [0.2, 0.25) is 0 Å². The smallest absolute Gasteiger partial charge is 0.266 e. The van der Waals surface area contributed by atoms with Crippen LogP contribution in [0.2, 0.25) is 0 Å². The van der Waals surface area contributed by atoms with Gasteiger partial charge in [0.1, 0.15) is 17.4 Å². The fraction of sp³-hybridized carbons (Fsp3) is 0.0556. The highest BCUT2D eigenvalue weighted by molar-refractivity contribution is 9.11. The number of nitriles is 1. The van der Waals surface area contributed by atoms with Gasteiger partial charge in [-0.3, -0.25) is 9.59 Å². The molecule has 2 N–H and O–H groups in total. The number of halogens is 2. The molecule has 0 bridgehead atoms. The van der Waals surface area contributed by atoms with Crippen LogP contribution in [0.5, 0.6) is 5.75 Å². The minimum absolute atomic E-state index is 0.0236. The van der Waals surface area contributed by atoms with Gasteiger partial charge in [0, 0.05) is 5.56 Å². The van der Waals surface area contributed by atoms with Crippen LogP contribution >= 0.6 is 31.9 Å². The van der Waals surface area contributed by atoms with Crippen molar-refractivity contribution in [2.75, 3.05) is 5.32 Å². The summed E-state index contributed by atoms with van der Waals surface area (Å²) in [6.07, 6.45) is 1.39. The summed E-state index contributed by atoms with van der Waals surface area (Å²) in [4.78, 5) is 24.0. The van der Waals surface area contributed by atoms with Crippen LogP contribution < -0.4 is 5.32 Å². The van der Waals surface area contributed by atoms with Crippen LogP contribution in [0.3, 0.4) is 0 Å². The van der Waals surface area contributed by atoms with Gasteiger partial charge >= 0.3 is 0 Å². The second-order valence-electron chi connectivity index (χ2n) is 5.06. The highest BCUT2D eigenvalue weighted by Crippen LogP contribution is 2.34. The average Bonchev–Trinajstić information content (AvgIpc) is 2.57. The van der Waals surface area contributed by atoms with Gasteiger partial charge in [-0.2, -0.15) is 5.26 Å².